The SMILES string of the molecule is C=C1CC[C@H]2[C@H](CN=[N+]=[N-])[C@@H]([C@@]3(C)CC[C@H](C)C[C@@H]3COS(C)(=O)=O)CC[C@]12C. The molecule has 3 fully saturated rings. The first kappa shape index (κ1) is 22.6. The molecule has 3 aliphatic carbocycles. The van der Waals surface area contributed by atoms with Gasteiger partial charge >= 0.3 is 0 Å². The number of fused-ring (bicyclic) bond motifs is 1. The van der Waals surface area contributed by atoms with Crippen LogP contribution in [0.1, 0.15) is 65.7 Å². The standard InChI is InChI=1S/C22H37N3O3S/c1-15-8-10-22(4,17(12-15)14-28-29(5,26)27)20-9-11-21(3)16(2)6-7-19(21)18(20)13-24-25-23/h15,17-20H,2,6-14H2,1,3-5H3/t15-,17+,18-,19-,20-,21+,22-/m0/s1. The number of rotatable bonds is 6. The first-order valence-electron chi connectivity index (χ1n) is 11.0. The van der Waals surface area contributed by atoms with E-state index in [1.165, 1.54) is 5.57 Å². The van der Waals surface area contributed by atoms with Crippen LogP contribution in [0.4, 0.5) is 0 Å². The normalized spacial score (nSPS) is 42.9. The molecule has 3 rings (SSSR count). The number of hydrogen-bond acceptors (Lipinski definition) is 4. The smallest absolute Gasteiger partial charge is 0.264 e. The van der Waals surface area contributed by atoms with Gasteiger partial charge in [-0.05, 0) is 84.5 Å². The summed E-state index contributed by atoms with van der Waals surface area (Å²) in [4.78, 5) is 3.09. The topological polar surface area (TPSA) is 92.1 Å². The van der Waals surface area contributed by atoms with Crippen LogP contribution >= 0.6 is 0 Å². The maximum absolute atomic E-state index is 11.7. The maximum Gasteiger partial charge on any atom is 0.264 e. The van der Waals surface area contributed by atoms with Gasteiger partial charge < -0.3 is 0 Å². The Balaban J connectivity index is 1.93. The molecule has 0 aliphatic heterocycles. The molecule has 29 heavy (non-hydrogen) atoms. The summed E-state index contributed by atoms with van der Waals surface area (Å²) in [5, 5.41) is 4.04. The zero-order valence-electron chi connectivity index (χ0n) is 18.4. The van der Waals surface area contributed by atoms with Crippen LogP contribution in [0.15, 0.2) is 17.3 Å². The molecule has 0 N–H and O–H groups in total. The van der Waals surface area contributed by atoms with Gasteiger partial charge in [-0.15, -0.1) is 0 Å². The van der Waals surface area contributed by atoms with Crippen LogP contribution in [-0.2, 0) is 14.3 Å². The van der Waals surface area contributed by atoms with Crippen molar-refractivity contribution in [3.05, 3.63) is 22.6 Å². The lowest BCUT2D eigenvalue weighted by Crippen LogP contribution is -2.51. The highest BCUT2D eigenvalue weighted by Gasteiger charge is 2.56. The zero-order chi connectivity index (χ0) is 21.4. The van der Waals surface area contributed by atoms with Crippen molar-refractivity contribution in [2.75, 3.05) is 19.4 Å². The van der Waals surface area contributed by atoms with Gasteiger partial charge in [-0.25, -0.2) is 0 Å². The van der Waals surface area contributed by atoms with Gasteiger partial charge in [-0.2, -0.15) is 8.42 Å². The van der Waals surface area contributed by atoms with E-state index in [4.69, 9.17) is 9.71 Å². The zero-order valence-corrected chi connectivity index (χ0v) is 19.2. The summed E-state index contributed by atoms with van der Waals surface area (Å²) in [5.74, 6) is 2.01. The third-order valence-corrected chi connectivity index (χ3v) is 9.44. The molecular formula is C22H37N3O3S. The van der Waals surface area contributed by atoms with E-state index in [2.05, 4.69) is 37.4 Å². The number of nitrogens with zero attached hydrogens (tertiary/aromatic N) is 3. The lowest BCUT2D eigenvalue weighted by molar-refractivity contribution is -0.0734. The molecule has 0 amide bonds. The van der Waals surface area contributed by atoms with Crippen molar-refractivity contribution >= 4 is 10.1 Å². The molecule has 0 radical (unpaired) electrons. The summed E-state index contributed by atoms with van der Waals surface area (Å²) in [5.41, 5.74) is 10.5. The first-order valence-corrected chi connectivity index (χ1v) is 12.9. The van der Waals surface area contributed by atoms with E-state index in [0.717, 1.165) is 51.2 Å². The lowest BCUT2D eigenvalue weighted by Gasteiger charge is -2.56. The quantitative estimate of drug-likeness (QED) is 0.180. The molecule has 0 unspecified atom stereocenters. The summed E-state index contributed by atoms with van der Waals surface area (Å²) >= 11 is 0. The Morgan fingerprint density at radius 3 is 2.62 bits per heavy atom. The molecule has 3 saturated carbocycles. The summed E-state index contributed by atoms with van der Waals surface area (Å²) in [6.07, 6.45) is 8.75. The molecule has 0 aromatic heterocycles. The fraction of sp³-hybridized carbons (Fsp3) is 0.909. The fourth-order valence-corrected chi connectivity index (χ4v) is 7.40. The summed E-state index contributed by atoms with van der Waals surface area (Å²) in [6.45, 7) is 12.1. The molecule has 0 aromatic rings. The minimum absolute atomic E-state index is 0.00189. The Morgan fingerprint density at radius 1 is 1.24 bits per heavy atom. The molecule has 0 heterocycles. The Bertz CT molecular complexity index is 791. The van der Waals surface area contributed by atoms with Gasteiger partial charge in [0, 0.05) is 11.5 Å². The highest BCUT2D eigenvalue weighted by molar-refractivity contribution is 7.85. The lowest BCUT2D eigenvalue weighted by atomic mass is 9.49. The van der Waals surface area contributed by atoms with E-state index in [0.29, 0.717) is 30.2 Å². The van der Waals surface area contributed by atoms with Crippen LogP contribution < -0.4 is 0 Å². The van der Waals surface area contributed by atoms with Crippen molar-refractivity contribution in [2.24, 2.45) is 45.5 Å². The first-order chi connectivity index (χ1) is 13.5. The minimum Gasteiger partial charge on any atom is -0.270 e. The number of hydrogen-bond donors (Lipinski definition) is 0. The Labute approximate surface area is 176 Å². The van der Waals surface area contributed by atoms with E-state index in [1.54, 1.807) is 0 Å². The van der Waals surface area contributed by atoms with Crippen molar-refractivity contribution < 1.29 is 12.6 Å². The Hall–Kier alpha value is -1.04. The largest absolute Gasteiger partial charge is 0.270 e. The van der Waals surface area contributed by atoms with Crippen molar-refractivity contribution in [2.45, 2.75) is 65.7 Å². The monoisotopic (exact) mass is 423 g/mol. The third-order valence-electron chi connectivity index (χ3n) is 8.87. The molecule has 0 saturated heterocycles. The van der Waals surface area contributed by atoms with Crippen LogP contribution in [0.3, 0.4) is 0 Å². The fourth-order valence-electron chi connectivity index (χ4n) is 6.99. The van der Waals surface area contributed by atoms with Gasteiger partial charge in [0.2, 0.25) is 0 Å². The van der Waals surface area contributed by atoms with Gasteiger partial charge in [-0.3, -0.25) is 4.18 Å². The molecule has 0 bridgehead atoms. The van der Waals surface area contributed by atoms with Crippen molar-refractivity contribution in [3.63, 3.8) is 0 Å². The second kappa shape index (κ2) is 8.24. The second-order valence-corrected chi connectivity index (χ2v) is 12.1. The van der Waals surface area contributed by atoms with E-state index in [9.17, 15) is 8.42 Å². The van der Waals surface area contributed by atoms with Gasteiger partial charge in [-0.1, -0.05) is 44.5 Å². The van der Waals surface area contributed by atoms with Gasteiger partial charge in [0.25, 0.3) is 10.1 Å². The van der Waals surface area contributed by atoms with Crippen molar-refractivity contribution in [3.8, 4) is 0 Å². The Kier molecular flexibility index (Phi) is 6.43. The van der Waals surface area contributed by atoms with E-state index >= 15 is 0 Å². The summed E-state index contributed by atoms with van der Waals surface area (Å²) in [7, 11) is -3.46. The predicted molar refractivity (Wildman–Crippen MR) is 116 cm³/mol. The Morgan fingerprint density at radius 2 is 1.97 bits per heavy atom. The molecular weight excluding hydrogens is 386 g/mol. The number of allylic oxidation sites excluding steroid dienone is 1. The second-order valence-electron chi connectivity index (χ2n) is 10.5. The minimum atomic E-state index is -3.46. The van der Waals surface area contributed by atoms with Crippen LogP contribution in [0.5, 0.6) is 0 Å². The molecule has 0 spiro atoms. The van der Waals surface area contributed by atoms with Crippen LogP contribution in [0.25, 0.3) is 10.4 Å². The molecule has 3 aliphatic rings. The average Bonchev–Trinajstić information content (AvgIpc) is 2.95. The highest BCUT2D eigenvalue weighted by atomic mass is 32.2. The summed E-state index contributed by atoms with van der Waals surface area (Å²) < 4.78 is 28.7. The van der Waals surface area contributed by atoms with Crippen LogP contribution in [0.2, 0.25) is 0 Å². The van der Waals surface area contributed by atoms with E-state index < -0.39 is 10.1 Å². The van der Waals surface area contributed by atoms with Crippen LogP contribution in [0, 0.1) is 40.4 Å². The van der Waals surface area contributed by atoms with Gasteiger partial charge in [0.15, 0.2) is 0 Å². The number of azide groups is 1. The van der Waals surface area contributed by atoms with Crippen molar-refractivity contribution in [1.82, 2.24) is 0 Å². The van der Waals surface area contributed by atoms with Crippen molar-refractivity contribution in [1.29, 1.82) is 0 Å². The maximum atomic E-state index is 11.7. The molecule has 7 heteroatoms. The van der Waals surface area contributed by atoms with Gasteiger partial charge in [0.1, 0.15) is 0 Å². The summed E-state index contributed by atoms with van der Waals surface area (Å²) in [6, 6.07) is 0. The predicted octanol–water partition coefficient (Wildman–Crippen LogP) is 5.71. The van der Waals surface area contributed by atoms with Gasteiger partial charge in [0.05, 0.1) is 12.9 Å². The van der Waals surface area contributed by atoms with Crippen LogP contribution in [-0.4, -0.2) is 27.8 Å². The third kappa shape index (κ3) is 4.38. The average molecular weight is 424 g/mol. The molecule has 0 aromatic carbocycles. The molecule has 164 valence electrons. The molecule has 7 atom stereocenters. The molecule has 6 nitrogen and oxygen atoms in total. The van der Waals surface area contributed by atoms with E-state index in [1.807, 2.05) is 0 Å². The van der Waals surface area contributed by atoms with E-state index in [-0.39, 0.29) is 23.4 Å². The highest BCUT2D eigenvalue weighted by Crippen LogP contribution is 2.63.